The number of rotatable bonds is 9. The molecule has 174 valence electrons. The van der Waals surface area contributed by atoms with Crippen LogP contribution in [-0.4, -0.2) is 27.7 Å². The summed E-state index contributed by atoms with van der Waals surface area (Å²) in [6.45, 7) is 0. The lowest BCUT2D eigenvalue weighted by molar-refractivity contribution is -0.274. The van der Waals surface area contributed by atoms with Crippen LogP contribution in [0.2, 0.25) is 0 Å². The topological polar surface area (TPSA) is 49.0 Å². The van der Waals surface area contributed by atoms with Gasteiger partial charge in [-0.25, -0.2) is 0 Å². The normalized spacial score (nSPS) is 11.3. The number of anilines is 1. The van der Waals surface area contributed by atoms with Gasteiger partial charge in [0.25, 0.3) is 0 Å². The van der Waals surface area contributed by atoms with Crippen molar-refractivity contribution in [2.75, 3.05) is 26.1 Å². The fourth-order valence-electron chi connectivity index (χ4n) is 2.92. The molecule has 0 aliphatic carbocycles. The van der Waals surface area contributed by atoms with Crippen molar-refractivity contribution < 1.29 is 32.1 Å². The number of nitrogens with one attached hydrogen (secondary N) is 1. The van der Waals surface area contributed by atoms with Crippen LogP contribution in [0.1, 0.15) is 11.1 Å². The maximum atomic E-state index is 12.3. The van der Waals surface area contributed by atoms with Crippen molar-refractivity contribution in [2.24, 2.45) is 0 Å². The maximum Gasteiger partial charge on any atom is 0.573 e. The van der Waals surface area contributed by atoms with E-state index in [1.165, 1.54) is 24.1 Å². The molecule has 0 fully saturated rings. The quantitative estimate of drug-likeness (QED) is 0.267. The number of hydrogen-bond donors (Lipinski definition) is 1. The third-order valence-electron chi connectivity index (χ3n) is 4.39. The molecule has 0 aliphatic heterocycles. The third-order valence-corrected chi connectivity index (χ3v) is 5.23. The largest absolute Gasteiger partial charge is 0.573 e. The van der Waals surface area contributed by atoms with Crippen LogP contribution < -0.4 is 23.7 Å². The maximum absolute atomic E-state index is 12.3. The van der Waals surface area contributed by atoms with Gasteiger partial charge < -0.3 is 23.7 Å². The Morgan fingerprint density at radius 1 is 0.788 bits per heavy atom. The fraction of sp³-hybridized carbons (Fsp3) is 0.167. The van der Waals surface area contributed by atoms with Crippen molar-refractivity contribution in [1.82, 2.24) is 0 Å². The highest BCUT2D eigenvalue weighted by Crippen LogP contribution is 2.38. The van der Waals surface area contributed by atoms with Gasteiger partial charge >= 0.3 is 6.36 Å². The minimum atomic E-state index is -4.71. The zero-order chi connectivity index (χ0) is 23.8. The molecular formula is C24H22F3NO4S. The van der Waals surface area contributed by atoms with Crippen LogP contribution in [0.3, 0.4) is 0 Å². The van der Waals surface area contributed by atoms with E-state index in [0.717, 1.165) is 21.7 Å². The minimum absolute atomic E-state index is 0.259. The molecule has 33 heavy (non-hydrogen) atoms. The summed E-state index contributed by atoms with van der Waals surface area (Å²) in [4.78, 5) is 0.739. The Hall–Kier alpha value is -3.46. The first-order chi connectivity index (χ1) is 15.8. The van der Waals surface area contributed by atoms with Crippen molar-refractivity contribution in [1.29, 1.82) is 0 Å². The van der Waals surface area contributed by atoms with Gasteiger partial charge in [0, 0.05) is 10.6 Å². The van der Waals surface area contributed by atoms with Gasteiger partial charge in [0.1, 0.15) is 5.75 Å². The van der Waals surface area contributed by atoms with Gasteiger partial charge in [0.15, 0.2) is 11.5 Å². The smallest absolute Gasteiger partial charge is 0.493 e. The van der Waals surface area contributed by atoms with Gasteiger partial charge in [-0.2, -0.15) is 0 Å². The summed E-state index contributed by atoms with van der Waals surface area (Å²) in [5.74, 6) is 1.40. The highest BCUT2D eigenvalue weighted by molar-refractivity contribution is 8.00. The van der Waals surface area contributed by atoms with Crippen molar-refractivity contribution in [3.63, 3.8) is 0 Å². The molecule has 0 spiro atoms. The van der Waals surface area contributed by atoms with Crippen molar-refractivity contribution in [3.8, 4) is 23.0 Å². The zero-order valence-electron chi connectivity index (χ0n) is 18.1. The molecule has 3 aromatic carbocycles. The van der Waals surface area contributed by atoms with Crippen LogP contribution in [0.15, 0.2) is 65.6 Å². The number of alkyl halides is 3. The minimum Gasteiger partial charge on any atom is -0.493 e. The lowest BCUT2D eigenvalue weighted by Gasteiger charge is -2.12. The molecule has 0 atom stereocenters. The van der Waals surface area contributed by atoms with Gasteiger partial charge in [-0.1, -0.05) is 24.3 Å². The van der Waals surface area contributed by atoms with Gasteiger partial charge in [0.2, 0.25) is 5.75 Å². The van der Waals surface area contributed by atoms with E-state index >= 15 is 0 Å². The standard InChI is InChI=1S/C24H22F3NO4S/c1-29-21-14-17(15-22(30-2)23(21)31-3)8-7-16-5-4-6-18(13-16)28-33-20-11-9-19(10-12-20)32-24(25,26)27/h4-15,28H,1-3H3/b8-7-. The van der Waals surface area contributed by atoms with Crippen LogP contribution in [0, 0.1) is 0 Å². The predicted octanol–water partition coefficient (Wildman–Crippen LogP) is 6.90. The second-order valence-electron chi connectivity index (χ2n) is 6.64. The molecule has 3 aromatic rings. The zero-order valence-corrected chi connectivity index (χ0v) is 18.9. The Labute approximate surface area is 194 Å². The second-order valence-corrected chi connectivity index (χ2v) is 7.52. The van der Waals surface area contributed by atoms with E-state index in [-0.39, 0.29) is 5.75 Å². The highest BCUT2D eigenvalue weighted by atomic mass is 32.2. The van der Waals surface area contributed by atoms with Crippen molar-refractivity contribution in [2.45, 2.75) is 11.3 Å². The number of halogens is 3. The van der Waals surface area contributed by atoms with Crippen LogP contribution in [0.5, 0.6) is 23.0 Å². The molecule has 0 radical (unpaired) electrons. The molecule has 0 heterocycles. The van der Waals surface area contributed by atoms with E-state index in [1.807, 2.05) is 48.6 Å². The molecular weight excluding hydrogens is 455 g/mol. The molecule has 0 aromatic heterocycles. The van der Waals surface area contributed by atoms with Crippen LogP contribution in [-0.2, 0) is 0 Å². The van der Waals surface area contributed by atoms with E-state index < -0.39 is 6.36 Å². The van der Waals surface area contributed by atoms with Crippen LogP contribution in [0.4, 0.5) is 18.9 Å². The van der Waals surface area contributed by atoms with E-state index in [0.29, 0.717) is 17.2 Å². The summed E-state index contributed by atoms with van der Waals surface area (Å²) in [6.07, 6.45) is -0.834. The third kappa shape index (κ3) is 7.01. The molecule has 0 aliphatic rings. The molecule has 0 amide bonds. The number of benzene rings is 3. The Morgan fingerprint density at radius 2 is 1.42 bits per heavy atom. The number of methoxy groups -OCH3 is 3. The molecule has 0 saturated heterocycles. The highest BCUT2D eigenvalue weighted by Gasteiger charge is 2.30. The average molecular weight is 478 g/mol. The number of ether oxygens (including phenoxy) is 4. The lowest BCUT2D eigenvalue weighted by atomic mass is 10.1. The molecule has 0 saturated carbocycles. The first-order valence-electron chi connectivity index (χ1n) is 9.68. The molecule has 3 rings (SSSR count). The first kappa shape index (κ1) is 24.2. The Bertz CT molecular complexity index is 1080. The Balaban J connectivity index is 1.67. The SMILES string of the molecule is COc1cc(/C=C\c2cccc(NSc3ccc(OC(F)(F)F)cc3)c2)cc(OC)c1OC. The summed E-state index contributed by atoms with van der Waals surface area (Å²) in [5, 5.41) is 0. The molecule has 0 unspecified atom stereocenters. The second kappa shape index (κ2) is 10.9. The van der Waals surface area contributed by atoms with Gasteiger partial charge in [0.05, 0.1) is 21.3 Å². The summed E-state index contributed by atoms with van der Waals surface area (Å²) in [5.41, 5.74) is 2.66. The molecule has 1 N–H and O–H groups in total. The summed E-state index contributed by atoms with van der Waals surface area (Å²) >= 11 is 1.28. The monoisotopic (exact) mass is 477 g/mol. The molecule has 5 nitrogen and oxygen atoms in total. The van der Waals surface area contributed by atoms with Crippen molar-refractivity contribution in [3.05, 3.63) is 71.8 Å². The van der Waals surface area contributed by atoms with Crippen LogP contribution >= 0.6 is 11.9 Å². The van der Waals surface area contributed by atoms with E-state index in [1.54, 1.807) is 33.5 Å². The first-order valence-corrected chi connectivity index (χ1v) is 10.5. The Morgan fingerprint density at radius 3 is 2.00 bits per heavy atom. The number of hydrogen-bond acceptors (Lipinski definition) is 6. The summed E-state index contributed by atoms with van der Waals surface area (Å²) in [6, 6.07) is 17.0. The molecule has 9 heteroatoms. The fourth-order valence-corrected chi connectivity index (χ4v) is 3.56. The average Bonchev–Trinajstić information content (AvgIpc) is 2.80. The summed E-state index contributed by atoms with van der Waals surface area (Å²) < 4.78 is 60.0. The Kier molecular flexibility index (Phi) is 8.00. The van der Waals surface area contributed by atoms with Gasteiger partial charge in [-0.05, 0) is 71.6 Å². The van der Waals surface area contributed by atoms with Crippen LogP contribution in [0.25, 0.3) is 12.2 Å². The predicted molar refractivity (Wildman–Crippen MR) is 124 cm³/mol. The van der Waals surface area contributed by atoms with E-state index in [4.69, 9.17) is 14.2 Å². The van der Waals surface area contributed by atoms with E-state index in [2.05, 4.69) is 9.46 Å². The van der Waals surface area contributed by atoms with Crippen molar-refractivity contribution >= 4 is 29.8 Å². The molecule has 0 bridgehead atoms. The summed E-state index contributed by atoms with van der Waals surface area (Å²) in [7, 11) is 4.68. The lowest BCUT2D eigenvalue weighted by Crippen LogP contribution is -2.16. The van der Waals surface area contributed by atoms with Gasteiger partial charge in [-0.15, -0.1) is 13.2 Å². The van der Waals surface area contributed by atoms with E-state index in [9.17, 15) is 13.2 Å². The van der Waals surface area contributed by atoms with Gasteiger partial charge in [-0.3, -0.25) is 0 Å².